The van der Waals surface area contributed by atoms with Crippen LogP contribution >= 0.6 is 15.9 Å². The molecule has 0 fully saturated rings. The maximum Gasteiger partial charge on any atom is 0.268 e. The number of hydrogen-bond donors (Lipinski definition) is 2. The lowest BCUT2D eigenvalue weighted by Crippen LogP contribution is -2.40. The molecule has 108 valence electrons. The monoisotopic (exact) mass is 330 g/mol. The molecular weight excluding hydrogens is 308 g/mol. The van der Waals surface area contributed by atoms with E-state index in [4.69, 9.17) is 5.11 Å². The molecule has 0 aliphatic rings. The predicted molar refractivity (Wildman–Crippen MR) is 80.3 cm³/mol. The van der Waals surface area contributed by atoms with Crippen LogP contribution in [0.1, 0.15) is 50.6 Å². The van der Waals surface area contributed by atoms with E-state index < -0.39 is 0 Å². The van der Waals surface area contributed by atoms with E-state index in [0.29, 0.717) is 18.0 Å². The molecule has 1 amide bonds. The summed E-state index contributed by atoms with van der Waals surface area (Å²) in [6, 6.07) is 2.04. The third kappa shape index (κ3) is 4.35. The van der Waals surface area contributed by atoms with Crippen LogP contribution in [0.5, 0.6) is 0 Å². The molecule has 0 saturated carbocycles. The number of aliphatic hydroxyl groups excluding tert-OH is 1. The van der Waals surface area contributed by atoms with Gasteiger partial charge in [-0.25, -0.2) is 0 Å². The van der Waals surface area contributed by atoms with Gasteiger partial charge in [-0.2, -0.15) is 0 Å². The molecule has 1 atom stereocenters. The van der Waals surface area contributed by atoms with E-state index in [1.165, 1.54) is 0 Å². The van der Waals surface area contributed by atoms with Gasteiger partial charge in [0.1, 0.15) is 5.69 Å². The molecule has 1 aromatic rings. The van der Waals surface area contributed by atoms with E-state index in [0.717, 1.165) is 4.47 Å². The van der Waals surface area contributed by atoms with E-state index in [1.54, 1.807) is 0 Å². The van der Waals surface area contributed by atoms with Gasteiger partial charge in [0.25, 0.3) is 5.91 Å². The lowest BCUT2D eigenvalue weighted by atomic mass is 10.0. The molecule has 5 heteroatoms. The summed E-state index contributed by atoms with van der Waals surface area (Å²) < 4.78 is 2.84. The highest BCUT2D eigenvalue weighted by molar-refractivity contribution is 9.10. The first-order chi connectivity index (χ1) is 8.86. The highest BCUT2D eigenvalue weighted by Gasteiger charge is 2.20. The van der Waals surface area contributed by atoms with E-state index in [-0.39, 0.29) is 24.6 Å². The van der Waals surface area contributed by atoms with Crippen LogP contribution in [0.3, 0.4) is 0 Å². The smallest absolute Gasteiger partial charge is 0.268 e. The quantitative estimate of drug-likeness (QED) is 0.842. The zero-order valence-electron chi connectivity index (χ0n) is 12.0. The molecule has 2 N–H and O–H groups in total. The highest BCUT2D eigenvalue weighted by Crippen LogP contribution is 2.20. The maximum absolute atomic E-state index is 12.3. The van der Waals surface area contributed by atoms with Crippen LogP contribution in [-0.4, -0.2) is 28.2 Å². The second-order valence-electron chi connectivity index (χ2n) is 5.38. The first-order valence-electron chi connectivity index (χ1n) is 6.66. The Labute approximate surface area is 123 Å². The molecule has 1 rings (SSSR count). The maximum atomic E-state index is 12.3. The van der Waals surface area contributed by atoms with Crippen molar-refractivity contribution in [3.63, 3.8) is 0 Å². The summed E-state index contributed by atoms with van der Waals surface area (Å²) in [6.45, 7) is 8.24. The van der Waals surface area contributed by atoms with E-state index in [1.807, 2.05) is 44.5 Å². The van der Waals surface area contributed by atoms with Crippen molar-refractivity contribution in [2.75, 3.05) is 6.61 Å². The van der Waals surface area contributed by atoms with Crippen LogP contribution < -0.4 is 5.32 Å². The normalized spacial score (nSPS) is 13.1. The van der Waals surface area contributed by atoms with Gasteiger partial charge < -0.3 is 15.0 Å². The number of rotatable bonds is 6. The average Bonchev–Trinajstić information content (AvgIpc) is 2.70. The number of halogens is 1. The number of carbonyl (C=O) groups excluding carboxylic acids is 1. The van der Waals surface area contributed by atoms with Crippen molar-refractivity contribution < 1.29 is 9.90 Å². The molecule has 0 aliphatic carbocycles. The van der Waals surface area contributed by atoms with E-state index >= 15 is 0 Å². The molecule has 0 aliphatic heterocycles. The van der Waals surface area contributed by atoms with Gasteiger partial charge in [0.15, 0.2) is 0 Å². The molecule has 0 saturated heterocycles. The molecule has 1 heterocycles. The van der Waals surface area contributed by atoms with Gasteiger partial charge in [-0.15, -0.1) is 0 Å². The molecule has 19 heavy (non-hydrogen) atoms. The Morgan fingerprint density at radius 3 is 2.53 bits per heavy atom. The third-order valence-corrected chi connectivity index (χ3v) is 3.60. The predicted octanol–water partition coefficient (Wildman–Crippen LogP) is 2.97. The Morgan fingerprint density at radius 1 is 1.42 bits per heavy atom. The molecule has 1 unspecified atom stereocenters. The number of nitrogens with zero attached hydrogens (tertiary/aromatic N) is 1. The van der Waals surface area contributed by atoms with Crippen LogP contribution in [0.25, 0.3) is 0 Å². The molecule has 0 spiro atoms. The Kier molecular flexibility index (Phi) is 6.07. The van der Waals surface area contributed by atoms with Crippen molar-refractivity contribution in [1.82, 2.24) is 9.88 Å². The second-order valence-corrected chi connectivity index (χ2v) is 6.30. The zero-order chi connectivity index (χ0) is 14.6. The fourth-order valence-corrected chi connectivity index (χ4v) is 2.45. The van der Waals surface area contributed by atoms with Gasteiger partial charge in [0.2, 0.25) is 0 Å². The van der Waals surface area contributed by atoms with E-state index in [9.17, 15) is 4.79 Å². The van der Waals surface area contributed by atoms with Crippen molar-refractivity contribution in [2.24, 2.45) is 5.92 Å². The summed E-state index contributed by atoms with van der Waals surface area (Å²) in [4.78, 5) is 12.3. The van der Waals surface area contributed by atoms with Gasteiger partial charge in [-0.05, 0) is 48.2 Å². The van der Waals surface area contributed by atoms with Crippen molar-refractivity contribution in [2.45, 2.75) is 46.2 Å². The summed E-state index contributed by atoms with van der Waals surface area (Å²) >= 11 is 3.40. The van der Waals surface area contributed by atoms with Crippen LogP contribution in [0.15, 0.2) is 16.7 Å². The summed E-state index contributed by atoms with van der Waals surface area (Å²) in [7, 11) is 0. The average molecular weight is 331 g/mol. The summed E-state index contributed by atoms with van der Waals surface area (Å²) in [6.07, 6.45) is 2.49. The number of nitrogens with one attached hydrogen (secondary N) is 1. The summed E-state index contributed by atoms with van der Waals surface area (Å²) in [5.41, 5.74) is 0.644. The Morgan fingerprint density at radius 2 is 2.05 bits per heavy atom. The Hall–Kier alpha value is -0.810. The Balaban J connectivity index is 2.88. The lowest BCUT2D eigenvalue weighted by molar-refractivity contribution is 0.0905. The van der Waals surface area contributed by atoms with E-state index in [2.05, 4.69) is 21.2 Å². The van der Waals surface area contributed by atoms with Gasteiger partial charge >= 0.3 is 0 Å². The largest absolute Gasteiger partial charge is 0.396 e. The second kappa shape index (κ2) is 7.10. The fourth-order valence-electron chi connectivity index (χ4n) is 2.01. The number of amides is 1. The number of hydrogen-bond acceptors (Lipinski definition) is 2. The van der Waals surface area contributed by atoms with Gasteiger partial charge in [-0.1, -0.05) is 13.8 Å². The van der Waals surface area contributed by atoms with Gasteiger partial charge in [-0.3, -0.25) is 4.79 Å². The Bertz CT molecular complexity index is 427. The topological polar surface area (TPSA) is 54.3 Å². The highest BCUT2D eigenvalue weighted by atomic mass is 79.9. The van der Waals surface area contributed by atoms with Crippen molar-refractivity contribution in [1.29, 1.82) is 0 Å². The number of aromatic nitrogens is 1. The standard InChI is InChI=1S/C14H23BrN2O2/c1-9(2)12(5-6-18)16-14(19)13-7-11(15)8-17(13)10(3)4/h7-10,12,18H,5-6H2,1-4H3,(H,16,19). The van der Waals surface area contributed by atoms with Crippen LogP contribution in [0.4, 0.5) is 0 Å². The molecular formula is C14H23BrN2O2. The minimum Gasteiger partial charge on any atom is -0.396 e. The first-order valence-corrected chi connectivity index (χ1v) is 7.45. The van der Waals surface area contributed by atoms with Crippen molar-refractivity contribution >= 4 is 21.8 Å². The molecule has 0 radical (unpaired) electrons. The fraction of sp³-hybridized carbons (Fsp3) is 0.643. The van der Waals surface area contributed by atoms with Crippen molar-refractivity contribution in [3.8, 4) is 0 Å². The van der Waals surface area contributed by atoms with Crippen LogP contribution in [0.2, 0.25) is 0 Å². The zero-order valence-corrected chi connectivity index (χ0v) is 13.6. The first kappa shape index (κ1) is 16.2. The lowest BCUT2D eigenvalue weighted by Gasteiger charge is -2.22. The SMILES string of the molecule is CC(C)C(CCO)NC(=O)c1cc(Br)cn1C(C)C. The summed E-state index contributed by atoms with van der Waals surface area (Å²) in [5.74, 6) is 0.202. The third-order valence-electron chi connectivity index (χ3n) is 3.17. The number of carbonyl (C=O) groups is 1. The molecule has 4 nitrogen and oxygen atoms in total. The van der Waals surface area contributed by atoms with Gasteiger partial charge in [0.05, 0.1) is 0 Å². The van der Waals surface area contributed by atoms with Crippen LogP contribution in [0, 0.1) is 5.92 Å². The molecule has 0 aromatic carbocycles. The minimum atomic E-state index is -0.0912. The number of aliphatic hydroxyl groups is 1. The summed E-state index contributed by atoms with van der Waals surface area (Å²) in [5, 5.41) is 12.1. The van der Waals surface area contributed by atoms with Crippen molar-refractivity contribution in [3.05, 3.63) is 22.4 Å². The molecule has 0 bridgehead atoms. The minimum absolute atomic E-state index is 0.00760. The van der Waals surface area contributed by atoms with Gasteiger partial charge in [0, 0.05) is 29.4 Å². The van der Waals surface area contributed by atoms with Crippen LogP contribution in [-0.2, 0) is 0 Å². The molecule has 1 aromatic heterocycles.